The molecule has 1 aromatic rings. The fourth-order valence-electron chi connectivity index (χ4n) is 2.27. The normalized spacial score (nSPS) is 23.8. The van der Waals surface area contributed by atoms with E-state index in [0.29, 0.717) is 6.61 Å². The molecule has 1 N–H and O–H groups in total. The zero-order valence-electron chi connectivity index (χ0n) is 10.1. The summed E-state index contributed by atoms with van der Waals surface area (Å²) >= 11 is 2.28. The minimum atomic E-state index is -0.661. The van der Waals surface area contributed by atoms with E-state index < -0.39 is 5.97 Å². The average Bonchev–Trinajstić information content (AvgIpc) is 2.38. The molecule has 0 unspecified atom stereocenters. The van der Waals surface area contributed by atoms with Crippen LogP contribution < -0.4 is 0 Å². The lowest BCUT2D eigenvalue weighted by atomic mass is 9.87. The van der Waals surface area contributed by atoms with Crippen LogP contribution in [0.4, 0.5) is 0 Å². The molecule has 0 atom stereocenters. The highest BCUT2D eigenvalue weighted by Crippen LogP contribution is 2.27. The Balaban J connectivity index is 1.75. The topological polar surface area (TPSA) is 46.5 Å². The van der Waals surface area contributed by atoms with E-state index in [9.17, 15) is 4.79 Å². The molecular weight excluding hydrogens is 343 g/mol. The van der Waals surface area contributed by atoms with Gasteiger partial charge in [0.1, 0.15) is 0 Å². The number of hydrogen-bond donors (Lipinski definition) is 1. The Morgan fingerprint density at radius 2 is 1.83 bits per heavy atom. The molecule has 0 aliphatic heterocycles. The molecule has 0 heterocycles. The van der Waals surface area contributed by atoms with Gasteiger partial charge in [0.15, 0.2) is 0 Å². The van der Waals surface area contributed by atoms with E-state index in [1.54, 1.807) is 0 Å². The molecule has 0 aromatic heterocycles. The molecule has 0 spiro atoms. The quantitative estimate of drug-likeness (QED) is 0.837. The molecule has 1 saturated carbocycles. The fraction of sp³-hybridized carbons (Fsp3) is 0.500. The van der Waals surface area contributed by atoms with Crippen molar-refractivity contribution in [1.29, 1.82) is 0 Å². The summed E-state index contributed by atoms with van der Waals surface area (Å²) in [5.74, 6) is -0.825. The van der Waals surface area contributed by atoms with Crippen molar-refractivity contribution in [1.82, 2.24) is 0 Å². The Labute approximate surface area is 121 Å². The number of rotatable bonds is 4. The summed E-state index contributed by atoms with van der Waals surface area (Å²) in [5.41, 5.74) is 1.18. The first-order valence-corrected chi connectivity index (χ1v) is 7.32. The second-order valence-electron chi connectivity index (χ2n) is 4.75. The molecule has 1 aliphatic rings. The number of ether oxygens (including phenoxy) is 1. The molecule has 2 rings (SSSR count). The molecule has 1 aromatic carbocycles. The Bertz CT molecular complexity index is 394. The van der Waals surface area contributed by atoms with Crippen molar-refractivity contribution < 1.29 is 14.6 Å². The maximum Gasteiger partial charge on any atom is 0.306 e. The summed E-state index contributed by atoms with van der Waals surface area (Å²) in [6.07, 6.45) is 3.43. The molecule has 4 heteroatoms. The highest BCUT2D eigenvalue weighted by Gasteiger charge is 2.26. The number of halogens is 1. The molecule has 98 valence electrons. The highest BCUT2D eigenvalue weighted by atomic mass is 127. The highest BCUT2D eigenvalue weighted by molar-refractivity contribution is 14.1. The minimum Gasteiger partial charge on any atom is -0.481 e. The SMILES string of the molecule is O=C(O)C1CCC(OCc2ccc(I)cc2)CC1. The molecule has 3 nitrogen and oxygen atoms in total. The standard InChI is InChI=1S/C14H17IO3/c15-12-5-1-10(2-6-12)9-18-13-7-3-11(4-8-13)14(16)17/h1-2,5-6,11,13H,3-4,7-9H2,(H,16,17). The number of aliphatic carboxylic acids is 1. The van der Waals surface area contributed by atoms with Gasteiger partial charge in [0.05, 0.1) is 18.6 Å². The van der Waals surface area contributed by atoms with Gasteiger partial charge in [-0.3, -0.25) is 4.79 Å². The van der Waals surface area contributed by atoms with Crippen LogP contribution in [0, 0.1) is 9.49 Å². The van der Waals surface area contributed by atoms with Crippen molar-refractivity contribution in [2.75, 3.05) is 0 Å². The van der Waals surface area contributed by atoms with Crippen LogP contribution in [0.15, 0.2) is 24.3 Å². The number of carboxylic acids is 1. The van der Waals surface area contributed by atoms with Gasteiger partial charge in [-0.05, 0) is 66.0 Å². The van der Waals surface area contributed by atoms with E-state index in [0.717, 1.165) is 25.7 Å². The molecule has 0 bridgehead atoms. The Morgan fingerprint density at radius 3 is 2.39 bits per heavy atom. The van der Waals surface area contributed by atoms with Gasteiger partial charge in [-0.15, -0.1) is 0 Å². The van der Waals surface area contributed by atoms with E-state index in [1.165, 1.54) is 9.13 Å². The largest absolute Gasteiger partial charge is 0.481 e. The van der Waals surface area contributed by atoms with Crippen LogP contribution in [-0.2, 0) is 16.1 Å². The van der Waals surface area contributed by atoms with E-state index >= 15 is 0 Å². The number of carboxylic acid groups (broad SMARTS) is 1. The van der Waals surface area contributed by atoms with Gasteiger partial charge in [0.2, 0.25) is 0 Å². The zero-order chi connectivity index (χ0) is 13.0. The van der Waals surface area contributed by atoms with E-state index in [-0.39, 0.29) is 12.0 Å². The Kier molecular flexibility index (Phi) is 5.00. The lowest BCUT2D eigenvalue weighted by Crippen LogP contribution is -2.25. The predicted octanol–water partition coefficient (Wildman–Crippen LogP) is 3.45. The Hall–Kier alpha value is -0.620. The second-order valence-corrected chi connectivity index (χ2v) is 5.99. The lowest BCUT2D eigenvalue weighted by molar-refractivity contribution is -0.143. The van der Waals surface area contributed by atoms with Crippen LogP contribution in [0.1, 0.15) is 31.2 Å². The summed E-state index contributed by atoms with van der Waals surface area (Å²) in [6, 6.07) is 8.29. The van der Waals surface area contributed by atoms with Gasteiger partial charge in [0.25, 0.3) is 0 Å². The first kappa shape index (κ1) is 13.8. The molecular formula is C14H17IO3. The van der Waals surface area contributed by atoms with Crippen molar-refractivity contribution in [2.24, 2.45) is 5.92 Å². The maximum atomic E-state index is 10.8. The van der Waals surface area contributed by atoms with Crippen LogP contribution >= 0.6 is 22.6 Å². The molecule has 18 heavy (non-hydrogen) atoms. The van der Waals surface area contributed by atoms with Crippen LogP contribution in [0.5, 0.6) is 0 Å². The molecule has 0 radical (unpaired) electrons. The number of carbonyl (C=O) groups is 1. The molecule has 1 aliphatic carbocycles. The predicted molar refractivity (Wildman–Crippen MR) is 77.3 cm³/mol. The molecule has 1 fully saturated rings. The Morgan fingerprint density at radius 1 is 1.22 bits per heavy atom. The van der Waals surface area contributed by atoms with Crippen LogP contribution in [0.25, 0.3) is 0 Å². The number of benzene rings is 1. The van der Waals surface area contributed by atoms with Crippen molar-refractivity contribution in [2.45, 2.75) is 38.4 Å². The molecule has 0 amide bonds. The average molecular weight is 360 g/mol. The van der Waals surface area contributed by atoms with Crippen LogP contribution in [-0.4, -0.2) is 17.2 Å². The summed E-state index contributed by atoms with van der Waals surface area (Å²) < 4.78 is 7.06. The van der Waals surface area contributed by atoms with Gasteiger partial charge < -0.3 is 9.84 Å². The van der Waals surface area contributed by atoms with Gasteiger partial charge in [0, 0.05) is 3.57 Å². The monoisotopic (exact) mass is 360 g/mol. The summed E-state index contributed by atoms with van der Waals surface area (Å²) in [7, 11) is 0. The van der Waals surface area contributed by atoms with Gasteiger partial charge in [-0.25, -0.2) is 0 Å². The second kappa shape index (κ2) is 6.52. The zero-order valence-corrected chi connectivity index (χ0v) is 12.3. The van der Waals surface area contributed by atoms with Crippen molar-refractivity contribution in [3.05, 3.63) is 33.4 Å². The van der Waals surface area contributed by atoms with E-state index in [4.69, 9.17) is 9.84 Å². The summed E-state index contributed by atoms with van der Waals surface area (Å²) in [6.45, 7) is 0.624. The first-order valence-electron chi connectivity index (χ1n) is 6.24. The summed E-state index contributed by atoms with van der Waals surface area (Å²) in [4.78, 5) is 10.8. The van der Waals surface area contributed by atoms with Gasteiger partial charge in [-0.1, -0.05) is 12.1 Å². The van der Waals surface area contributed by atoms with E-state index in [2.05, 4.69) is 46.9 Å². The van der Waals surface area contributed by atoms with Gasteiger partial charge >= 0.3 is 5.97 Å². The van der Waals surface area contributed by atoms with Crippen LogP contribution in [0.3, 0.4) is 0 Å². The van der Waals surface area contributed by atoms with Crippen molar-refractivity contribution in [3.63, 3.8) is 0 Å². The van der Waals surface area contributed by atoms with E-state index in [1.807, 2.05) is 0 Å². The van der Waals surface area contributed by atoms with Crippen molar-refractivity contribution >= 4 is 28.6 Å². The minimum absolute atomic E-state index is 0.164. The van der Waals surface area contributed by atoms with Crippen molar-refractivity contribution in [3.8, 4) is 0 Å². The third-order valence-corrected chi connectivity index (χ3v) is 4.14. The van der Waals surface area contributed by atoms with Gasteiger partial charge in [-0.2, -0.15) is 0 Å². The smallest absolute Gasteiger partial charge is 0.306 e. The molecule has 0 saturated heterocycles. The first-order chi connectivity index (χ1) is 8.65. The third-order valence-electron chi connectivity index (χ3n) is 3.42. The lowest BCUT2D eigenvalue weighted by Gasteiger charge is -2.26. The van der Waals surface area contributed by atoms with Crippen LogP contribution in [0.2, 0.25) is 0 Å². The third kappa shape index (κ3) is 3.95. The maximum absolute atomic E-state index is 10.8. The fourth-order valence-corrected chi connectivity index (χ4v) is 2.63. The number of hydrogen-bond acceptors (Lipinski definition) is 2. The summed E-state index contributed by atoms with van der Waals surface area (Å²) in [5, 5.41) is 8.92.